The van der Waals surface area contributed by atoms with Gasteiger partial charge in [0.15, 0.2) is 0 Å². The molecule has 3 atom stereocenters. The van der Waals surface area contributed by atoms with E-state index in [0.717, 1.165) is 13.8 Å². The molecule has 3 unspecified atom stereocenters. The van der Waals surface area contributed by atoms with Gasteiger partial charge in [-0.15, -0.1) is 16.1 Å². The van der Waals surface area contributed by atoms with E-state index >= 15 is 0 Å². The highest BCUT2D eigenvalue weighted by Gasteiger charge is 2.41. The largest absolute Gasteiger partial charge is 0.579 e. The van der Waals surface area contributed by atoms with Crippen LogP contribution in [-0.2, 0) is 16.3 Å². The normalized spacial score (nSPS) is 24.8. The number of nitrogens with zero attached hydrogens (tertiary/aromatic N) is 1. The molecular formula is C15H15Br2N3O2S2. The van der Waals surface area contributed by atoms with Crippen LogP contribution >= 0.6 is 43.2 Å². The van der Waals surface area contributed by atoms with Crippen molar-refractivity contribution in [3.63, 3.8) is 0 Å². The van der Waals surface area contributed by atoms with Gasteiger partial charge in [-0.3, -0.25) is 4.79 Å². The van der Waals surface area contributed by atoms with E-state index in [0.29, 0.717) is 12.1 Å². The minimum Gasteiger partial charge on any atom is -0.579 e. The van der Waals surface area contributed by atoms with Gasteiger partial charge in [0.1, 0.15) is 17.6 Å². The van der Waals surface area contributed by atoms with Crippen molar-refractivity contribution in [1.29, 1.82) is 0 Å². The van der Waals surface area contributed by atoms with E-state index in [1.807, 2.05) is 35.7 Å². The third-order valence-electron chi connectivity index (χ3n) is 3.72. The van der Waals surface area contributed by atoms with Crippen molar-refractivity contribution >= 4 is 66.3 Å². The summed E-state index contributed by atoms with van der Waals surface area (Å²) in [5.41, 5.74) is 0.687. The third-order valence-corrected chi connectivity index (χ3v) is 6.89. The van der Waals surface area contributed by atoms with Crippen LogP contribution in [0.3, 0.4) is 0 Å². The van der Waals surface area contributed by atoms with Gasteiger partial charge >= 0.3 is 0 Å². The summed E-state index contributed by atoms with van der Waals surface area (Å²) in [6, 6.07) is 8.94. The lowest BCUT2D eigenvalue weighted by Crippen LogP contribution is -2.55. The van der Waals surface area contributed by atoms with Gasteiger partial charge in [-0.05, 0) is 29.6 Å². The summed E-state index contributed by atoms with van der Waals surface area (Å²) in [5, 5.41) is 4.89. The number of benzene rings is 1. The van der Waals surface area contributed by atoms with Gasteiger partial charge in [-0.2, -0.15) is 0 Å². The molecule has 2 heterocycles. The fraction of sp³-hybridized carbons (Fsp3) is 0.267. The van der Waals surface area contributed by atoms with Gasteiger partial charge in [-0.1, -0.05) is 42.2 Å². The Balaban J connectivity index is 1.76. The molecule has 0 radical (unpaired) electrons. The quantitative estimate of drug-likeness (QED) is 0.639. The molecule has 3 rings (SSSR count). The molecule has 24 heavy (non-hydrogen) atoms. The molecule has 0 bridgehead atoms. The molecule has 1 amide bonds. The fourth-order valence-electron chi connectivity index (χ4n) is 2.53. The van der Waals surface area contributed by atoms with E-state index in [1.165, 1.54) is 0 Å². The molecule has 2 aromatic rings. The van der Waals surface area contributed by atoms with Crippen molar-refractivity contribution in [1.82, 2.24) is 9.03 Å². The minimum atomic E-state index is -1.41. The highest BCUT2D eigenvalue weighted by atomic mass is 79.9. The predicted octanol–water partition coefficient (Wildman–Crippen LogP) is 3.83. The molecule has 9 heteroatoms. The Kier molecular flexibility index (Phi) is 6.02. The maximum Gasteiger partial charge on any atom is 0.246 e. The maximum atomic E-state index is 12.7. The topological polar surface area (TPSA) is 67.4 Å². The van der Waals surface area contributed by atoms with Crippen LogP contribution in [0.15, 0.2) is 44.7 Å². The lowest BCUT2D eigenvalue weighted by Gasteiger charge is -2.35. The first kappa shape index (κ1) is 18.4. The Morgan fingerprint density at radius 1 is 1.42 bits per heavy atom. The molecule has 5 nitrogen and oxygen atoms in total. The second-order valence-electron chi connectivity index (χ2n) is 5.38. The number of amides is 1. The summed E-state index contributed by atoms with van der Waals surface area (Å²) in [5.74, 6) is -0.168. The minimum absolute atomic E-state index is 0.0907. The van der Waals surface area contributed by atoms with Crippen LogP contribution in [0, 0.1) is 0 Å². The molecule has 1 aliphatic rings. The molecule has 1 aromatic carbocycles. The van der Waals surface area contributed by atoms with E-state index in [4.69, 9.17) is 0 Å². The third kappa shape index (κ3) is 4.21. The Hall–Kier alpha value is -0.420. The number of nitrogens with one attached hydrogen (secondary N) is 2. The summed E-state index contributed by atoms with van der Waals surface area (Å²) in [7, 11) is 1.69. The van der Waals surface area contributed by atoms with E-state index in [-0.39, 0.29) is 11.9 Å². The van der Waals surface area contributed by atoms with Crippen molar-refractivity contribution in [3.8, 4) is 0 Å². The Morgan fingerprint density at radius 3 is 2.75 bits per heavy atom. The van der Waals surface area contributed by atoms with Gasteiger partial charge in [0.25, 0.3) is 0 Å². The van der Waals surface area contributed by atoms with E-state index in [1.54, 1.807) is 22.7 Å². The molecule has 2 N–H and O–H groups in total. The molecule has 1 fully saturated rings. The van der Waals surface area contributed by atoms with Crippen molar-refractivity contribution < 1.29 is 9.35 Å². The molecule has 0 spiro atoms. The summed E-state index contributed by atoms with van der Waals surface area (Å²) < 4.78 is 18.7. The van der Waals surface area contributed by atoms with Crippen LogP contribution in [0.4, 0.5) is 5.69 Å². The smallest absolute Gasteiger partial charge is 0.246 e. The fourth-order valence-corrected chi connectivity index (χ4v) is 5.73. The molecule has 1 aromatic heterocycles. The number of thiophene rings is 1. The molecule has 0 aliphatic carbocycles. The van der Waals surface area contributed by atoms with Gasteiger partial charge in [0, 0.05) is 33.0 Å². The Labute approximate surface area is 164 Å². The van der Waals surface area contributed by atoms with Gasteiger partial charge in [-0.25, -0.2) is 0 Å². The van der Waals surface area contributed by atoms with Crippen molar-refractivity contribution in [2.75, 3.05) is 12.4 Å². The molecular weight excluding hydrogens is 478 g/mol. The number of carbonyl (C=O) groups is 1. The van der Waals surface area contributed by atoms with Crippen LogP contribution in [0.2, 0.25) is 0 Å². The standard InChI is InChI=1S/C15H15Br2N3O2S2/c1-20-13(8-12(19-24(20)22)14-3-2-4-23-14)15(21)18-11-6-9(16)5-10(17)7-11/h2-7,12-13,19H,8H2,1H3,(H,18,21). The molecule has 1 saturated heterocycles. The van der Waals surface area contributed by atoms with E-state index < -0.39 is 17.6 Å². The van der Waals surface area contributed by atoms with E-state index in [9.17, 15) is 9.35 Å². The lowest BCUT2D eigenvalue weighted by molar-refractivity contribution is -0.120. The zero-order chi connectivity index (χ0) is 17.3. The first-order valence-corrected chi connectivity index (χ1v) is 10.7. The van der Waals surface area contributed by atoms with Crippen LogP contribution < -0.4 is 10.0 Å². The average Bonchev–Trinajstić information content (AvgIpc) is 3.03. The second-order valence-corrected chi connectivity index (χ2v) is 9.50. The predicted molar refractivity (Wildman–Crippen MR) is 105 cm³/mol. The number of anilines is 1. The summed E-state index contributed by atoms with van der Waals surface area (Å²) in [4.78, 5) is 13.8. The molecule has 1 aliphatic heterocycles. The highest BCUT2D eigenvalue weighted by molar-refractivity contribution is 9.11. The average molecular weight is 493 g/mol. The van der Waals surface area contributed by atoms with Gasteiger partial charge in [0.2, 0.25) is 5.91 Å². The van der Waals surface area contributed by atoms with E-state index in [2.05, 4.69) is 41.9 Å². The number of halogens is 2. The molecule has 0 saturated carbocycles. The summed E-state index contributed by atoms with van der Waals surface area (Å²) in [6.45, 7) is 0. The summed E-state index contributed by atoms with van der Waals surface area (Å²) in [6.07, 6.45) is 0.559. The van der Waals surface area contributed by atoms with Crippen LogP contribution in [0.1, 0.15) is 17.3 Å². The maximum absolute atomic E-state index is 12.7. The zero-order valence-electron chi connectivity index (χ0n) is 12.7. The Bertz CT molecular complexity index is 709. The van der Waals surface area contributed by atoms with Crippen molar-refractivity contribution in [2.24, 2.45) is 0 Å². The molecule has 128 valence electrons. The number of carbonyl (C=O) groups excluding carboxylic acids is 1. The van der Waals surface area contributed by atoms with Gasteiger partial charge in [0.05, 0.1) is 6.04 Å². The van der Waals surface area contributed by atoms with Crippen LogP contribution in [0.5, 0.6) is 0 Å². The van der Waals surface area contributed by atoms with Gasteiger partial charge < -0.3 is 9.87 Å². The summed E-state index contributed by atoms with van der Waals surface area (Å²) >= 11 is 7.00. The first-order valence-electron chi connectivity index (χ1n) is 7.15. The van der Waals surface area contributed by atoms with Crippen LogP contribution in [-0.4, -0.2) is 27.9 Å². The SMILES string of the molecule is CN1C(C(=O)Nc2cc(Br)cc(Br)c2)CC(c2cccs2)N[S+]1[O-]. The number of likely N-dealkylation sites (N-methyl/N-ethyl adjacent to an activating group) is 1. The Morgan fingerprint density at radius 2 is 2.12 bits per heavy atom. The zero-order valence-corrected chi connectivity index (χ0v) is 17.5. The van der Waals surface area contributed by atoms with Crippen LogP contribution in [0.25, 0.3) is 0 Å². The number of hydrogen-bond donors (Lipinski definition) is 2. The number of hydrogen-bond acceptors (Lipinski definition) is 5. The highest BCUT2D eigenvalue weighted by Crippen LogP contribution is 2.31. The van der Waals surface area contributed by atoms with Crippen molar-refractivity contribution in [2.45, 2.75) is 18.5 Å². The first-order chi connectivity index (χ1) is 11.4. The monoisotopic (exact) mass is 491 g/mol. The lowest BCUT2D eigenvalue weighted by atomic mass is 10.1. The second kappa shape index (κ2) is 7.86. The van der Waals surface area contributed by atoms with Crippen molar-refractivity contribution in [3.05, 3.63) is 49.5 Å². The number of rotatable bonds is 3.